The number of aliphatic hydroxyl groups is 1. The molecule has 0 spiro atoms. The Morgan fingerprint density at radius 2 is 1.96 bits per heavy atom. The van der Waals surface area contributed by atoms with Crippen molar-refractivity contribution in [2.45, 2.75) is 37.8 Å². The van der Waals surface area contributed by atoms with Crippen molar-refractivity contribution in [1.29, 1.82) is 0 Å². The fraction of sp³-hybridized carbons (Fsp3) is 0.350. The summed E-state index contributed by atoms with van der Waals surface area (Å²) in [5.41, 5.74) is 1.17. The predicted octanol–water partition coefficient (Wildman–Crippen LogP) is 3.79. The lowest BCUT2D eigenvalue weighted by Crippen LogP contribution is -2.32. The zero-order valence-electron chi connectivity index (χ0n) is 14.0. The van der Waals surface area contributed by atoms with E-state index in [-0.39, 0.29) is 36.8 Å². The molecule has 2 aromatic rings. The summed E-state index contributed by atoms with van der Waals surface area (Å²) >= 11 is 0. The Balaban J connectivity index is 1.79. The lowest BCUT2D eigenvalue weighted by molar-refractivity contribution is -0.132. The van der Waals surface area contributed by atoms with Gasteiger partial charge >= 0.3 is 0 Å². The van der Waals surface area contributed by atoms with Gasteiger partial charge in [-0.2, -0.15) is 0 Å². The topological polar surface area (TPSA) is 40.5 Å². The Hall–Kier alpha value is -2.27. The van der Waals surface area contributed by atoms with Crippen molar-refractivity contribution in [2.75, 3.05) is 6.54 Å². The van der Waals surface area contributed by atoms with Crippen molar-refractivity contribution in [1.82, 2.24) is 4.90 Å². The van der Waals surface area contributed by atoms with Gasteiger partial charge in [-0.1, -0.05) is 37.3 Å². The number of likely N-dealkylation sites (tertiary alicyclic amines) is 1. The van der Waals surface area contributed by atoms with Gasteiger partial charge in [0.2, 0.25) is 5.91 Å². The van der Waals surface area contributed by atoms with Gasteiger partial charge in [0.05, 0.1) is 12.1 Å². The minimum atomic E-state index is -0.733. The largest absolute Gasteiger partial charge is 0.391 e. The molecule has 132 valence electrons. The number of amides is 1. The molecule has 3 atom stereocenters. The highest BCUT2D eigenvalue weighted by molar-refractivity contribution is 5.78. The smallest absolute Gasteiger partial charge is 0.223 e. The van der Waals surface area contributed by atoms with Crippen LogP contribution in [0.2, 0.25) is 0 Å². The number of rotatable bonds is 4. The fourth-order valence-electron chi connectivity index (χ4n) is 3.43. The first-order valence-corrected chi connectivity index (χ1v) is 8.43. The van der Waals surface area contributed by atoms with Crippen molar-refractivity contribution in [3.8, 4) is 0 Å². The lowest BCUT2D eigenvalue weighted by atomic mass is 9.96. The first-order valence-electron chi connectivity index (χ1n) is 8.43. The molecule has 3 rings (SSSR count). The summed E-state index contributed by atoms with van der Waals surface area (Å²) < 4.78 is 27.7. The predicted molar refractivity (Wildman–Crippen MR) is 90.9 cm³/mol. The number of hydrogen-bond donors (Lipinski definition) is 1. The molecule has 0 aromatic heterocycles. The first kappa shape index (κ1) is 17.5. The molecule has 0 saturated carbocycles. The Bertz CT molecular complexity index is 751. The second-order valence-corrected chi connectivity index (χ2v) is 6.63. The van der Waals surface area contributed by atoms with Crippen LogP contribution in [0.15, 0.2) is 48.5 Å². The van der Waals surface area contributed by atoms with E-state index in [0.29, 0.717) is 0 Å². The van der Waals surface area contributed by atoms with Gasteiger partial charge in [-0.25, -0.2) is 8.78 Å². The Kier molecular flexibility index (Phi) is 5.13. The maximum absolute atomic E-state index is 14.1. The van der Waals surface area contributed by atoms with Crippen LogP contribution < -0.4 is 0 Å². The van der Waals surface area contributed by atoms with Crippen molar-refractivity contribution in [3.05, 3.63) is 71.3 Å². The van der Waals surface area contributed by atoms with E-state index >= 15 is 0 Å². The molecule has 1 heterocycles. The van der Waals surface area contributed by atoms with Crippen molar-refractivity contribution in [3.63, 3.8) is 0 Å². The Morgan fingerprint density at radius 3 is 2.68 bits per heavy atom. The van der Waals surface area contributed by atoms with Gasteiger partial charge < -0.3 is 10.0 Å². The van der Waals surface area contributed by atoms with Gasteiger partial charge in [-0.3, -0.25) is 4.79 Å². The van der Waals surface area contributed by atoms with Crippen LogP contribution in [0.4, 0.5) is 8.78 Å². The second-order valence-electron chi connectivity index (χ2n) is 6.63. The highest BCUT2D eigenvalue weighted by atomic mass is 19.1. The van der Waals surface area contributed by atoms with Crippen molar-refractivity contribution in [2.24, 2.45) is 0 Å². The molecule has 1 saturated heterocycles. The minimum Gasteiger partial charge on any atom is -0.391 e. The highest BCUT2D eigenvalue weighted by Gasteiger charge is 2.37. The fourth-order valence-corrected chi connectivity index (χ4v) is 3.43. The summed E-state index contributed by atoms with van der Waals surface area (Å²) in [5.74, 6) is -1.27. The van der Waals surface area contributed by atoms with E-state index in [1.807, 2.05) is 37.3 Å². The molecular formula is C20H21F2NO2. The molecule has 1 aliphatic heterocycles. The summed E-state index contributed by atoms with van der Waals surface area (Å²) in [4.78, 5) is 14.2. The van der Waals surface area contributed by atoms with E-state index < -0.39 is 23.8 Å². The molecule has 0 bridgehead atoms. The van der Waals surface area contributed by atoms with E-state index in [9.17, 15) is 18.7 Å². The van der Waals surface area contributed by atoms with E-state index in [1.165, 1.54) is 4.90 Å². The van der Waals surface area contributed by atoms with Gasteiger partial charge in [0, 0.05) is 18.5 Å². The molecule has 1 aliphatic rings. The van der Waals surface area contributed by atoms with Gasteiger partial charge in [0.1, 0.15) is 11.6 Å². The number of hydrogen-bond acceptors (Lipinski definition) is 2. The van der Waals surface area contributed by atoms with Crippen LogP contribution in [0.5, 0.6) is 0 Å². The number of β-amino-alcohol motifs (C(OH)–C–C–N with tert-alkyl or cyclic N) is 1. The maximum atomic E-state index is 14.1. The first-order chi connectivity index (χ1) is 12.0. The number of halogens is 2. The van der Waals surface area contributed by atoms with Crippen LogP contribution in [0.1, 0.15) is 42.9 Å². The average molecular weight is 345 g/mol. The number of carbonyl (C=O) groups excluding carboxylic acids is 1. The van der Waals surface area contributed by atoms with E-state index in [1.54, 1.807) is 0 Å². The van der Waals surface area contributed by atoms with Crippen LogP contribution >= 0.6 is 0 Å². The quantitative estimate of drug-likeness (QED) is 0.916. The normalized spacial score (nSPS) is 21.4. The molecule has 1 N–H and O–H groups in total. The zero-order chi connectivity index (χ0) is 18.0. The summed E-state index contributed by atoms with van der Waals surface area (Å²) in [7, 11) is 0. The van der Waals surface area contributed by atoms with Crippen LogP contribution in [0.25, 0.3) is 0 Å². The summed E-state index contributed by atoms with van der Waals surface area (Å²) in [6, 6.07) is 12.2. The maximum Gasteiger partial charge on any atom is 0.223 e. The van der Waals surface area contributed by atoms with Gasteiger partial charge in [-0.05, 0) is 36.1 Å². The molecular weight excluding hydrogens is 324 g/mol. The SMILES string of the molecule is CC(CC(=O)N1CC(O)CC1c1cc(F)ccc1F)c1ccccc1. The number of nitrogens with zero attached hydrogens (tertiary/aromatic N) is 1. The monoisotopic (exact) mass is 345 g/mol. The van der Waals surface area contributed by atoms with Crippen LogP contribution in [0.3, 0.4) is 0 Å². The van der Waals surface area contributed by atoms with Crippen LogP contribution in [-0.2, 0) is 4.79 Å². The summed E-state index contributed by atoms with van der Waals surface area (Å²) in [6.07, 6.45) is -0.264. The van der Waals surface area contributed by atoms with Gasteiger partial charge in [0.25, 0.3) is 0 Å². The van der Waals surface area contributed by atoms with Crippen LogP contribution in [-0.4, -0.2) is 28.6 Å². The van der Waals surface area contributed by atoms with Crippen molar-refractivity contribution >= 4 is 5.91 Å². The third-order valence-electron chi connectivity index (χ3n) is 4.77. The Morgan fingerprint density at radius 1 is 1.24 bits per heavy atom. The number of carbonyl (C=O) groups is 1. The average Bonchev–Trinajstić information content (AvgIpc) is 2.99. The third-order valence-corrected chi connectivity index (χ3v) is 4.77. The van der Waals surface area contributed by atoms with E-state index in [2.05, 4.69) is 0 Å². The molecule has 3 nitrogen and oxygen atoms in total. The van der Waals surface area contributed by atoms with Crippen LogP contribution in [0, 0.1) is 11.6 Å². The standard InChI is InChI=1S/C20H21F2NO2/c1-13(14-5-3-2-4-6-14)9-20(25)23-12-16(24)11-19(23)17-10-15(21)7-8-18(17)22/h2-8,10,13,16,19,24H,9,11-12H2,1H3. The molecule has 2 aromatic carbocycles. The van der Waals surface area contributed by atoms with Gasteiger partial charge in [-0.15, -0.1) is 0 Å². The molecule has 1 amide bonds. The summed E-state index contributed by atoms with van der Waals surface area (Å²) in [5, 5.41) is 9.98. The van der Waals surface area contributed by atoms with E-state index in [4.69, 9.17) is 0 Å². The van der Waals surface area contributed by atoms with Gasteiger partial charge in [0.15, 0.2) is 0 Å². The third kappa shape index (κ3) is 3.87. The lowest BCUT2D eigenvalue weighted by Gasteiger charge is -2.26. The second kappa shape index (κ2) is 7.31. The highest BCUT2D eigenvalue weighted by Crippen LogP contribution is 2.35. The molecule has 1 fully saturated rings. The minimum absolute atomic E-state index is 0.00412. The molecule has 0 radical (unpaired) electrons. The number of aliphatic hydroxyl groups excluding tert-OH is 1. The molecule has 0 aliphatic carbocycles. The molecule has 3 unspecified atom stereocenters. The van der Waals surface area contributed by atoms with Crippen molar-refractivity contribution < 1.29 is 18.7 Å². The number of benzene rings is 2. The Labute approximate surface area is 145 Å². The molecule has 5 heteroatoms. The van der Waals surface area contributed by atoms with E-state index in [0.717, 1.165) is 23.8 Å². The zero-order valence-corrected chi connectivity index (χ0v) is 14.0. The summed E-state index contributed by atoms with van der Waals surface area (Å²) in [6.45, 7) is 2.10. The molecule has 25 heavy (non-hydrogen) atoms.